The maximum absolute atomic E-state index is 5.76. The van der Waals surface area contributed by atoms with E-state index in [-0.39, 0.29) is 0 Å². The number of nitrogens with one attached hydrogen (secondary N) is 1. The van der Waals surface area contributed by atoms with Crippen molar-refractivity contribution in [2.75, 3.05) is 19.8 Å². The molecule has 20 heavy (non-hydrogen) atoms. The van der Waals surface area contributed by atoms with Gasteiger partial charge in [-0.15, -0.1) is 0 Å². The molecule has 0 aliphatic heterocycles. The van der Waals surface area contributed by atoms with Gasteiger partial charge >= 0.3 is 0 Å². The second-order valence-corrected chi connectivity index (χ2v) is 5.67. The molecule has 1 aromatic carbocycles. The van der Waals surface area contributed by atoms with Crippen molar-refractivity contribution in [1.82, 2.24) is 5.32 Å². The molecule has 0 unspecified atom stereocenters. The Morgan fingerprint density at radius 2 is 1.80 bits per heavy atom. The smallest absolute Gasteiger partial charge is 0.123 e. The zero-order chi connectivity index (χ0) is 14.2. The van der Waals surface area contributed by atoms with Crippen LogP contribution in [-0.4, -0.2) is 25.8 Å². The van der Waals surface area contributed by atoms with Crippen molar-refractivity contribution in [2.45, 2.75) is 45.6 Å². The van der Waals surface area contributed by atoms with E-state index in [1.165, 1.54) is 25.7 Å². The highest BCUT2D eigenvalue weighted by Crippen LogP contribution is 2.23. The van der Waals surface area contributed by atoms with Crippen molar-refractivity contribution < 1.29 is 9.47 Å². The topological polar surface area (TPSA) is 30.5 Å². The lowest BCUT2D eigenvalue weighted by Gasteiger charge is -2.27. The third kappa shape index (κ3) is 5.04. The van der Waals surface area contributed by atoms with Crippen LogP contribution in [0.3, 0.4) is 0 Å². The first-order chi connectivity index (χ1) is 9.78. The van der Waals surface area contributed by atoms with Crippen molar-refractivity contribution >= 4 is 0 Å². The summed E-state index contributed by atoms with van der Waals surface area (Å²) < 4.78 is 11.2. The molecule has 0 heterocycles. The molecule has 2 rings (SSSR count). The van der Waals surface area contributed by atoms with Gasteiger partial charge in [-0.05, 0) is 50.7 Å². The van der Waals surface area contributed by atoms with Gasteiger partial charge in [0.2, 0.25) is 0 Å². The van der Waals surface area contributed by atoms with E-state index in [4.69, 9.17) is 9.47 Å². The highest BCUT2D eigenvalue weighted by atomic mass is 16.5. The molecule has 1 N–H and O–H groups in total. The average molecular weight is 277 g/mol. The fourth-order valence-corrected chi connectivity index (χ4v) is 2.72. The Balaban J connectivity index is 1.64. The van der Waals surface area contributed by atoms with Gasteiger partial charge in [-0.25, -0.2) is 0 Å². The molecule has 1 aliphatic carbocycles. The minimum absolute atomic E-state index is 0.685. The van der Waals surface area contributed by atoms with Crippen LogP contribution in [0.25, 0.3) is 0 Å². The monoisotopic (exact) mass is 277 g/mol. The molecular weight excluding hydrogens is 250 g/mol. The summed E-state index contributed by atoms with van der Waals surface area (Å²) in [6.45, 7) is 6.65. The lowest BCUT2D eigenvalue weighted by atomic mass is 9.87. The largest absolute Gasteiger partial charge is 0.494 e. The lowest BCUT2D eigenvalue weighted by Crippen LogP contribution is -2.35. The Morgan fingerprint density at radius 3 is 2.50 bits per heavy atom. The fourth-order valence-electron chi connectivity index (χ4n) is 2.72. The fraction of sp³-hybridized carbons (Fsp3) is 0.647. The lowest BCUT2D eigenvalue weighted by molar-refractivity contribution is 0.269. The van der Waals surface area contributed by atoms with Crippen molar-refractivity contribution in [2.24, 2.45) is 5.92 Å². The summed E-state index contributed by atoms with van der Waals surface area (Å²) in [6, 6.07) is 8.54. The molecule has 0 radical (unpaired) electrons. The quantitative estimate of drug-likeness (QED) is 0.772. The van der Waals surface area contributed by atoms with Crippen LogP contribution in [0.5, 0.6) is 11.5 Å². The molecule has 1 aromatic rings. The van der Waals surface area contributed by atoms with Gasteiger partial charge in [-0.1, -0.05) is 13.0 Å². The Hall–Kier alpha value is -1.22. The first-order valence-corrected chi connectivity index (χ1v) is 7.87. The second kappa shape index (κ2) is 8.15. The Morgan fingerprint density at radius 1 is 1.10 bits per heavy atom. The summed E-state index contributed by atoms with van der Waals surface area (Å²) in [5, 5.41) is 3.60. The van der Waals surface area contributed by atoms with Gasteiger partial charge in [0.15, 0.2) is 0 Å². The maximum Gasteiger partial charge on any atom is 0.123 e. The summed E-state index contributed by atoms with van der Waals surface area (Å²) in [7, 11) is 0. The first kappa shape index (κ1) is 15.2. The number of benzene rings is 1. The van der Waals surface area contributed by atoms with E-state index in [1.54, 1.807) is 0 Å². The molecule has 3 heteroatoms. The molecule has 0 saturated heterocycles. The molecule has 0 atom stereocenters. The maximum atomic E-state index is 5.76. The van der Waals surface area contributed by atoms with Gasteiger partial charge in [0, 0.05) is 18.7 Å². The molecular formula is C17H27NO2. The summed E-state index contributed by atoms with van der Waals surface area (Å²) in [5.74, 6) is 2.67. The van der Waals surface area contributed by atoms with Crippen molar-refractivity contribution in [3.8, 4) is 11.5 Å². The normalized spacial score (nSPS) is 22.5. The van der Waals surface area contributed by atoms with Crippen LogP contribution in [0.1, 0.15) is 39.5 Å². The predicted octanol–water partition coefficient (Wildman–Crippen LogP) is 3.63. The summed E-state index contributed by atoms with van der Waals surface area (Å²) in [4.78, 5) is 0. The number of hydrogen-bond acceptors (Lipinski definition) is 3. The van der Waals surface area contributed by atoms with Gasteiger partial charge in [0.05, 0.1) is 6.61 Å². The molecule has 3 nitrogen and oxygen atoms in total. The molecule has 1 aliphatic rings. The molecule has 0 aromatic heterocycles. The van der Waals surface area contributed by atoms with E-state index >= 15 is 0 Å². The van der Waals surface area contributed by atoms with Gasteiger partial charge in [0.1, 0.15) is 18.1 Å². The average Bonchev–Trinajstić information content (AvgIpc) is 2.46. The Kier molecular flexibility index (Phi) is 6.19. The van der Waals surface area contributed by atoms with E-state index in [0.29, 0.717) is 19.3 Å². The molecule has 0 bridgehead atoms. The van der Waals surface area contributed by atoms with Gasteiger partial charge in [-0.3, -0.25) is 0 Å². The van der Waals surface area contributed by atoms with E-state index in [0.717, 1.165) is 24.0 Å². The molecule has 1 saturated carbocycles. The minimum atomic E-state index is 0.685. The number of hydrogen-bond donors (Lipinski definition) is 1. The molecule has 1 fully saturated rings. The van der Waals surface area contributed by atoms with Crippen LogP contribution < -0.4 is 14.8 Å². The van der Waals surface area contributed by atoms with Crippen LogP contribution in [0.4, 0.5) is 0 Å². The van der Waals surface area contributed by atoms with E-state index in [1.807, 2.05) is 31.2 Å². The van der Waals surface area contributed by atoms with Crippen molar-refractivity contribution in [3.05, 3.63) is 24.3 Å². The summed E-state index contributed by atoms with van der Waals surface area (Å²) in [5.41, 5.74) is 0. The zero-order valence-corrected chi connectivity index (χ0v) is 12.7. The van der Waals surface area contributed by atoms with Crippen LogP contribution in [0.2, 0.25) is 0 Å². The summed E-state index contributed by atoms with van der Waals surface area (Å²) in [6.07, 6.45) is 5.33. The molecule has 0 amide bonds. The minimum Gasteiger partial charge on any atom is -0.494 e. The Labute approximate surface area is 122 Å². The molecule has 112 valence electrons. The summed E-state index contributed by atoms with van der Waals surface area (Å²) >= 11 is 0. The SMILES string of the molecule is CCOc1cccc(OCCNC2CCC(C)CC2)c1. The van der Waals surface area contributed by atoms with E-state index in [9.17, 15) is 0 Å². The highest BCUT2D eigenvalue weighted by Gasteiger charge is 2.17. The van der Waals surface area contributed by atoms with Gasteiger partial charge < -0.3 is 14.8 Å². The third-order valence-electron chi connectivity index (χ3n) is 3.94. The zero-order valence-electron chi connectivity index (χ0n) is 12.7. The van der Waals surface area contributed by atoms with Crippen molar-refractivity contribution in [1.29, 1.82) is 0 Å². The molecule has 0 spiro atoms. The standard InChI is InChI=1S/C17H27NO2/c1-3-19-16-5-4-6-17(13-16)20-12-11-18-15-9-7-14(2)8-10-15/h4-6,13-15,18H,3,7-12H2,1-2H3. The van der Waals surface area contributed by atoms with Crippen LogP contribution in [0, 0.1) is 5.92 Å². The van der Waals surface area contributed by atoms with Crippen LogP contribution in [-0.2, 0) is 0 Å². The van der Waals surface area contributed by atoms with Gasteiger partial charge in [-0.2, -0.15) is 0 Å². The number of ether oxygens (including phenoxy) is 2. The number of rotatable bonds is 7. The van der Waals surface area contributed by atoms with Crippen LogP contribution >= 0.6 is 0 Å². The second-order valence-electron chi connectivity index (χ2n) is 5.67. The highest BCUT2D eigenvalue weighted by molar-refractivity contribution is 5.32. The van der Waals surface area contributed by atoms with E-state index in [2.05, 4.69) is 12.2 Å². The van der Waals surface area contributed by atoms with Crippen molar-refractivity contribution in [3.63, 3.8) is 0 Å². The first-order valence-electron chi connectivity index (χ1n) is 7.87. The van der Waals surface area contributed by atoms with Crippen LogP contribution in [0.15, 0.2) is 24.3 Å². The predicted molar refractivity (Wildman–Crippen MR) is 82.5 cm³/mol. The Bertz CT molecular complexity index is 386. The third-order valence-corrected chi connectivity index (χ3v) is 3.94. The van der Waals surface area contributed by atoms with E-state index < -0.39 is 0 Å². The van der Waals surface area contributed by atoms with Gasteiger partial charge in [0.25, 0.3) is 0 Å².